The molecule has 0 saturated carbocycles. The Kier molecular flexibility index (Phi) is 4.11. The molecule has 0 saturated heterocycles. The highest BCUT2D eigenvalue weighted by Gasteiger charge is 2.20. The molecule has 0 aromatic heterocycles. The molecule has 0 aliphatic rings. The predicted octanol–water partition coefficient (Wildman–Crippen LogP) is 3.78. The molecule has 0 N–H and O–H groups in total. The lowest BCUT2D eigenvalue weighted by Gasteiger charge is -2.12. The molecule has 1 rings (SSSR count). The second kappa shape index (κ2) is 4.94. The Morgan fingerprint density at radius 1 is 1.40 bits per heavy atom. The van der Waals surface area contributed by atoms with Gasteiger partial charge in [0.1, 0.15) is 5.38 Å². The zero-order chi connectivity index (χ0) is 11.6. The van der Waals surface area contributed by atoms with E-state index in [4.69, 9.17) is 11.6 Å². The number of alkyl halides is 3. The second-order valence-corrected chi connectivity index (χ2v) is 3.94. The molecule has 0 heterocycles. The summed E-state index contributed by atoms with van der Waals surface area (Å²) in [4.78, 5) is 11.1. The minimum absolute atomic E-state index is 0.0858. The Hall–Kier alpha value is -0.610. The number of ketones is 1. The maximum Gasteiger partial charge on any atom is 0.264 e. The van der Waals surface area contributed by atoms with E-state index in [-0.39, 0.29) is 16.2 Å². The maximum atomic E-state index is 12.5. The van der Waals surface area contributed by atoms with Crippen molar-refractivity contribution in [3.63, 3.8) is 0 Å². The number of hydrogen-bond donors (Lipinski definition) is 1. The third-order valence-corrected chi connectivity index (χ3v) is 3.02. The normalized spacial score (nSPS) is 12.9. The molecule has 0 aliphatic carbocycles. The highest BCUT2D eigenvalue weighted by atomic mass is 35.5. The van der Waals surface area contributed by atoms with Gasteiger partial charge in [-0.25, -0.2) is 8.78 Å². The van der Waals surface area contributed by atoms with Gasteiger partial charge in [-0.05, 0) is 12.5 Å². The molecule has 0 radical (unpaired) electrons. The smallest absolute Gasteiger partial charge is 0.264 e. The van der Waals surface area contributed by atoms with Gasteiger partial charge >= 0.3 is 0 Å². The van der Waals surface area contributed by atoms with Gasteiger partial charge in [0.05, 0.1) is 0 Å². The van der Waals surface area contributed by atoms with E-state index in [1.165, 1.54) is 25.1 Å². The molecule has 1 atom stereocenters. The SMILES string of the molecule is CC(=O)C(Cl)c1cccc(C(F)F)c1S. The summed E-state index contributed by atoms with van der Waals surface area (Å²) >= 11 is 9.75. The number of carbonyl (C=O) groups is 1. The summed E-state index contributed by atoms with van der Waals surface area (Å²) in [6.45, 7) is 1.31. The lowest BCUT2D eigenvalue weighted by atomic mass is 10.1. The highest BCUT2D eigenvalue weighted by Crippen LogP contribution is 2.34. The first-order valence-electron chi connectivity index (χ1n) is 4.19. The second-order valence-electron chi connectivity index (χ2n) is 3.06. The highest BCUT2D eigenvalue weighted by molar-refractivity contribution is 7.80. The average molecular weight is 251 g/mol. The van der Waals surface area contributed by atoms with Crippen molar-refractivity contribution in [1.29, 1.82) is 0 Å². The van der Waals surface area contributed by atoms with E-state index >= 15 is 0 Å². The number of Topliss-reactive ketones (excluding diaryl/α,β-unsaturated/α-hetero) is 1. The fourth-order valence-electron chi connectivity index (χ4n) is 1.18. The van der Waals surface area contributed by atoms with Crippen molar-refractivity contribution >= 4 is 30.0 Å². The summed E-state index contributed by atoms with van der Waals surface area (Å²) in [6, 6.07) is 4.22. The Morgan fingerprint density at radius 2 is 1.93 bits per heavy atom. The molecule has 15 heavy (non-hydrogen) atoms. The monoisotopic (exact) mass is 250 g/mol. The molecule has 82 valence electrons. The topological polar surface area (TPSA) is 17.1 Å². The molecule has 0 amide bonds. The number of halogens is 3. The van der Waals surface area contributed by atoms with Gasteiger partial charge in [0.2, 0.25) is 0 Å². The number of hydrogen-bond acceptors (Lipinski definition) is 2. The lowest BCUT2D eigenvalue weighted by molar-refractivity contribution is -0.116. The van der Waals surface area contributed by atoms with Crippen LogP contribution in [0.15, 0.2) is 23.1 Å². The van der Waals surface area contributed by atoms with E-state index in [0.29, 0.717) is 5.56 Å². The molecular weight excluding hydrogens is 242 g/mol. The zero-order valence-electron chi connectivity index (χ0n) is 7.88. The Bertz CT molecular complexity index is 382. The molecule has 1 unspecified atom stereocenters. The van der Waals surface area contributed by atoms with Crippen molar-refractivity contribution in [3.05, 3.63) is 29.3 Å². The zero-order valence-corrected chi connectivity index (χ0v) is 9.53. The van der Waals surface area contributed by atoms with E-state index in [1.54, 1.807) is 0 Å². The van der Waals surface area contributed by atoms with Crippen LogP contribution in [0.5, 0.6) is 0 Å². The average Bonchev–Trinajstić information content (AvgIpc) is 2.16. The van der Waals surface area contributed by atoms with Crippen LogP contribution in [0.4, 0.5) is 8.78 Å². The molecule has 0 aliphatic heterocycles. The van der Waals surface area contributed by atoms with Crippen molar-refractivity contribution in [2.75, 3.05) is 0 Å². The van der Waals surface area contributed by atoms with Crippen LogP contribution in [0, 0.1) is 0 Å². The van der Waals surface area contributed by atoms with E-state index in [1.807, 2.05) is 0 Å². The number of benzene rings is 1. The molecule has 0 bridgehead atoms. The van der Waals surface area contributed by atoms with Crippen molar-refractivity contribution in [1.82, 2.24) is 0 Å². The first kappa shape index (κ1) is 12.5. The summed E-state index contributed by atoms with van der Waals surface area (Å²) < 4.78 is 25.0. The van der Waals surface area contributed by atoms with E-state index in [0.717, 1.165) is 0 Å². The van der Waals surface area contributed by atoms with Crippen LogP contribution in [0.1, 0.15) is 29.9 Å². The van der Waals surface area contributed by atoms with E-state index < -0.39 is 11.8 Å². The number of carbonyl (C=O) groups excluding carboxylic acids is 1. The van der Waals surface area contributed by atoms with E-state index in [2.05, 4.69) is 12.6 Å². The standard InChI is InChI=1S/C10H9ClF2OS/c1-5(14)8(11)6-3-2-4-7(9(6)15)10(12)13/h2-4,8,10,15H,1H3. The van der Waals surface area contributed by atoms with Crippen LogP contribution in [-0.2, 0) is 4.79 Å². The van der Waals surface area contributed by atoms with Gasteiger partial charge in [-0.2, -0.15) is 0 Å². The maximum absolute atomic E-state index is 12.5. The molecule has 1 nitrogen and oxygen atoms in total. The van der Waals surface area contributed by atoms with Gasteiger partial charge in [0, 0.05) is 10.5 Å². The summed E-state index contributed by atoms with van der Waals surface area (Å²) in [5.41, 5.74) is 0.119. The van der Waals surface area contributed by atoms with Gasteiger partial charge in [-0.1, -0.05) is 18.2 Å². The van der Waals surface area contributed by atoms with Crippen molar-refractivity contribution in [3.8, 4) is 0 Å². The number of rotatable bonds is 3. The summed E-state index contributed by atoms with van der Waals surface area (Å²) in [5.74, 6) is -0.293. The van der Waals surface area contributed by atoms with Crippen LogP contribution in [0.25, 0.3) is 0 Å². The Morgan fingerprint density at radius 3 is 2.40 bits per heavy atom. The van der Waals surface area contributed by atoms with Crippen molar-refractivity contribution < 1.29 is 13.6 Å². The minimum atomic E-state index is -2.62. The molecule has 0 fully saturated rings. The molecule has 1 aromatic carbocycles. The first-order chi connectivity index (χ1) is 6.95. The summed E-state index contributed by atoms with van der Waals surface area (Å²) in [6.07, 6.45) is -2.62. The van der Waals surface area contributed by atoms with Gasteiger partial charge in [0.25, 0.3) is 6.43 Å². The number of thiol groups is 1. The Balaban J connectivity index is 3.21. The van der Waals surface area contributed by atoms with E-state index in [9.17, 15) is 13.6 Å². The fraction of sp³-hybridized carbons (Fsp3) is 0.300. The van der Waals surface area contributed by atoms with Gasteiger partial charge < -0.3 is 0 Å². The third kappa shape index (κ3) is 2.69. The van der Waals surface area contributed by atoms with Crippen LogP contribution in [0.2, 0.25) is 0 Å². The minimum Gasteiger partial charge on any atom is -0.298 e. The van der Waals surface area contributed by atoms with Crippen LogP contribution in [0.3, 0.4) is 0 Å². The molecule has 0 spiro atoms. The van der Waals surface area contributed by atoms with Crippen molar-refractivity contribution in [2.24, 2.45) is 0 Å². The summed E-state index contributed by atoms with van der Waals surface area (Å²) in [7, 11) is 0. The first-order valence-corrected chi connectivity index (χ1v) is 5.08. The molecule has 5 heteroatoms. The van der Waals surface area contributed by atoms with Gasteiger partial charge in [-0.15, -0.1) is 24.2 Å². The van der Waals surface area contributed by atoms with Crippen molar-refractivity contribution in [2.45, 2.75) is 23.6 Å². The molecular formula is C10H9ClF2OS. The summed E-state index contributed by atoms with van der Waals surface area (Å²) in [5, 5.41) is -0.920. The Labute approximate surface area is 96.8 Å². The quantitative estimate of drug-likeness (QED) is 0.638. The lowest BCUT2D eigenvalue weighted by Crippen LogP contribution is -2.04. The molecule has 1 aromatic rings. The van der Waals surface area contributed by atoms with Crippen LogP contribution in [-0.4, -0.2) is 5.78 Å². The van der Waals surface area contributed by atoms with Gasteiger partial charge in [-0.3, -0.25) is 4.79 Å². The largest absolute Gasteiger partial charge is 0.298 e. The van der Waals surface area contributed by atoms with Crippen LogP contribution >= 0.6 is 24.2 Å². The predicted molar refractivity (Wildman–Crippen MR) is 57.9 cm³/mol. The van der Waals surface area contributed by atoms with Gasteiger partial charge in [0.15, 0.2) is 5.78 Å². The third-order valence-electron chi connectivity index (χ3n) is 1.96. The van der Waals surface area contributed by atoms with Crippen LogP contribution < -0.4 is 0 Å². The fourth-order valence-corrected chi connectivity index (χ4v) is 1.81.